The van der Waals surface area contributed by atoms with Crippen molar-refractivity contribution in [1.29, 1.82) is 0 Å². The molecule has 2 rings (SSSR count). The third kappa shape index (κ3) is 6.92. The Hall–Kier alpha value is -2.58. The van der Waals surface area contributed by atoms with Gasteiger partial charge in [-0.2, -0.15) is 9.97 Å². The number of piperidine rings is 1. The van der Waals surface area contributed by atoms with Gasteiger partial charge >= 0.3 is 12.1 Å². The molecule has 1 aromatic rings. The zero-order valence-electron chi connectivity index (χ0n) is 16.6. The maximum Gasteiger partial charge on any atom is 0.407 e. The lowest BCUT2D eigenvalue weighted by molar-refractivity contribution is -0.132. The van der Waals surface area contributed by atoms with E-state index in [-0.39, 0.29) is 5.88 Å². The summed E-state index contributed by atoms with van der Waals surface area (Å²) < 4.78 is 15.5. The van der Waals surface area contributed by atoms with E-state index >= 15 is 0 Å². The summed E-state index contributed by atoms with van der Waals surface area (Å²) in [6.45, 7) is 8.86. The van der Waals surface area contributed by atoms with Crippen molar-refractivity contribution in [2.75, 3.05) is 31.6 Å². The molecule has 1 fully saturated rings. The summed E-state index contributed by atoms with van der Waals surface area (Å²) in [5, 5.41) is 2.82. The number of nitrogens with one attached hydrogen (secondary N) is 1. The lowest BCUT2D eigenvalue weighted by Gasteiger charge is -2.32. The fraction of sp³-hybridized carbons (Fsp3) is 0.667. The number of esters is 1. The lowest BCUT2D eigenvalue weighted by Crippen LogP contribution is -2.40. The first-order valence-corrected chi connectivity index (χ1v) is 8.99. The molecule has 9 nitrogen and oxygen atoms in total. The zero-order chi connectivity index (χ0) is 20.0. The molecule has 27 heavy (non-hydrogen) atoms. The quantitative estimate of drug-likeness (QED) is 0.775. The van der Waals surface area contributed by atoms with E-state index < -0.39 is 17.7 Å². The van der Waals surface area contributed by atoms with Crippen LogP contribution in [0.2, 0.25) is 0 Å². The fourth-order valence-electron chi connectivity index (χ4n) is 2.72. The molecule has 1 aromatic heterocycles. The number of methoxy groups -OCH3 is 1. The van der Waals surface area contributed by atoms with Gasteiger partial charge in [0.25, 0.3) is 0 Å². The maximum absolute atomic E-state index is 11.8. The molecule has 1 N–H and O–H groups in total. The van der Waals surface area contributed by atoms with Crippen LogP contribution in [-0.2, 0) is 9.53 Å². The largest absolute Gasteiger partial charge is 0.481 e. The summed E-state index contributed by atoms with van der Waals surface area (Å²) in [6, 6.07) is 1.47. The Morgan fingerprint density at radius 2 is 1.85 bits per heavy atom. The maximum atomic E-state index is 11.8. The minimum absolute atomic E-state index is 0.165. The smallest absolute Gasteiger partial charge is 0.407 e. The van der Waals surface area contributed by atoms with Gasteiger partial charge in [0, 0.05) is 26.6 Å². The first-order valence-electron chi connectivity index (χ1n) is 8.99. The average Bonchev–Trinajstić information content (AvgIpc) is 2.58. The van der Waals surface area contributed by atoms with Gasteiger partial charge in [-0.3, -0.25) is 4.79 Å². The van der Waals surface area contributed by atoms with Gasteiger partial charge in [-0.15, -0.1) is 0 Å². The van der Waals surface area contributed by atoms with Crippen LogP contribution in [0.15, 0.2) is 6.07 Å². The second kappa shape index (κ2) is 8.88. The van der Waals surface area contributed by atoms with E-state index in [2.05, 4.69) is 15.3 Å². The first kappa shape index (κ1) is 20.7. The molecule has 2 heterocycles. The highest BCUT2D eigenvalue weighted by molar-refractivity contribution is 5.69. The summed E-state index contributed by atoms with van der Waals surface area (Å²) in [6.07, 6.45) is 1.35. The number of alkyl carbamates (subject to hydrolysis) is 1. The average molecular weight is 380 g/mol. The molecule has 0 bridgehead atoms. The van der Waals surface area contributed by atoms with Crippen LogP contribution >= 0.6 is 0 Å². The molecule has 1 saturated heterocycles. The van der Waals surface area contributed by atoms with Crippen molar-refractivity contribution in [2.45, 2.75) is 46.1 Å². The molecule has 0 unspecified atom stereocenters. The summed E-state index contributed by atoms with van der Waals surface area (Å²) in [7, 11) is 1.50. The topological polar surface area (TPSA) is 103 Å². The number of hydrogen-bond acceptors (Lipinski definition) is 8. The van der Waals surface area contributed by atoms with Gasteiger partial charge < -0.3 is 24.4 Å². The number of nitrogens with zero attached hydrogens (tertiary/aromatic N) is 3. The van der Waals surface area contributed by atoms with Gasteiger partial charge in [0.2, 0.25) is 17.7 Å². The molecule has 0 radical (unpaired) electrons. The van der Waals surface area contributed by atoms with Gasteiger partial charge in [0.15, 0.2) is 0 Å². The molecule has 0 aromatic carbocycles. The van der Waals surface area contributed by atoms with Crippen LogP contribution in [0.1, 0.15) is 40.5 Å². The van der Waals surface area contributed by atoms with Crippen LogP contribution in [-0.4, -0.2) is 54.4 Å². The van der Waals surface area contributed by atoms with Gasteiger partial charge in [0.05, 0.1) is 13.2 Å². The normalized spacial score (nSPS) is 15.2. The van der Waals surface area contributed by atoms with E-state index in [4.69, 9.17) is 14.2 Å². The SMILES string of the molecule is COc1cc(OC(C)=O)nc(N2CCC(CNC(=O)OC(C)(C)C)CC2)n1. The molecule has 150 valence electrons. The first-order chi connectivity index (χ1) is 12.7. The number of aromatic nitrogens is 2. The number of ether oxygens (including phenoxy) is 3. The van der Waals surface area contributed by atoms with Crippen LogP contribution in [0.4, 0.5) is 10.7 Å². The summed E-state index contributed by atoms with van der Waals surface area (Å²) in [5.41, 5.74) is -0.503. The minimum Gasteiger partial charge on any atom is -0.481 e. The Bertz CT molecular complexity index is 666. The van der Waals surface area contributed by atoms with E-state index in [0.29, 0.717) is 24.3 Å². The Balaban J connectivity index is 1.89. The minimum atomic E-state index is -0.503. The number of carbonyl (C=O) groups is 2. The molecule has 9 heteroatoms. The number of carbonyl (C=O) groups excluding carboxylic acids is 2. The molecule has 0 aliphatic carbocycles. The second-order valence-electron chi connectivity index (χ2n) is 7.46. The Morgan fingerprint density at radius 1 is 1.22 bits per heavy atom. The third-order valence-corrected chi connectivity index (χ3v) is 3.96. The monoisotopic (exact) mass is 380 g/mol. The van der Waals surface area contributed by atoms with Gasteiger partial charge in [0.1, 0.15) is 5.60 Å². The highest BCUT2D eigenvalue weighted by Gasteiger charge is 2.24. The van der Waals surface area contributed by atoms with Gasteiger partial charge in [-0.1, -0.05) is 0 Å². The van der Waals surface area contributed by atoms with Gasteiger partial charge in [-0.25, -0.2) is 4.79 Å². The van der Waals surface area contributed by atoms with E-state index in [1.54, 1.807) is 0 Å². The Labute approximate surface area is 159 Å². The summed E-state index contributed by atoms with van der Waals surface area (Å²) >= 11 is 0. The van der Waals surface area contributed by atoms with Crippen molar-refractivity contribution in [3.8, 4) is 11.8 Å². The van der Waals surface area contributed by atoms with Crippen molar-refractivity contribution in [3.63, 3.8) is 0 Å². The molecule has 1 aliphatic heterocycles. The Morgan fingerprint density at radius 3 is 2.41 bits per heavy atom. The zero-order valence-corrected chi connectivity index (χ0v) is 16.6. The van der Waals surface area contributed by atoms with E-state index in [1.165, 1.54) is 20.1 Å². The Kier molecular flexibility index (Phi) is 6.81. The molecule has 0 spiro atoms. The molecule has 1 amide bonds. The van der Waals surface area contributed by atoms with Crippen molar-refractivity contribution < 1.29 is 23.8 Å². The van der Waals surface area contributed by atoms with Gasteiger partial charge in [-0.05, 0) is 39.5 Å². The number of rotatable bonds is 5. The third-order valence-electron chi connectivity index (χ3n) is 3.96. The summed E-state index contributed by atoms with van der Waals surface area (Å²) in [5.74, 6) is 0.869. The van der Waals surface area contributed by atoms with E-state index in [1.807, 2.05) is 25.7 Å². The van der Waals surface area contributed by atoms with Crippen LogP contribution in [0.5, 0.6) is 11.8 Å². The predicted octanol–water partition coefficient (Wildman–Crippen LogP) is 2.15. The van der Waals surface area contributed by atoms with Crippen molar-refractivity contribution >= 4 is 18.0 Å². The molecule has 0 atom stereocenters. The van der Waals surface area contributed by atoms with E-state index in [9.17, 15) is 9.59 Å². The number of anilines is 1. The van der Waals surface area contributed by atoms with Crippen LogP contribution < -0.4 is 19.7 Å². The molecule has 0 saturated carbocycles. The van der Waals surface area contributed by atoms with E-state index in [0.717, 1.165) is 25.9 Å². The lowest BCUT2D eigenvalue weighted by atomic mass is 9.97. The van der Waals surface area contributed by atoms with Crippen molar-refractivity contribution in [3.05, 3.63) is 6.07 Å². The highest BCUT2D eigenvalue weighted by atomic mass is 16.6. The standard InChI is InChI=1S/C18H28N4O5/c1-12(23)26-15-10-14(25-5)20-16(21-15)22-8-6-13(7-9-22)11-19-17(24)27-18(2,3)4/h10,13H,6-9,11H2,1-5H3,(H,19,24). The number of hydrogen-bond donors (Lipinski definition) is 1. The molecule has 1 aliphatic rings. The van der Waals surface area contributed by atoms with Crippen molar-refractivity contribution in [2.24, 2.45) is 5.92 Å². The van der Waals surface area contributed by atoms with Crippen LogP contribution in [0, 0.1) is 5.92 Å². The van der Waals surface area contributed by atoms with Crippen molar-refractivity contribution in [1.82, 2.24) is 15.3 Å². The van der Waals surface area contributed by atoms with Crippen LogP contribution in [0.3, 0.4) is 0 Å². The molecular weight excluding hydrogens is 352 g/mol. The predicted molar refractivity (Wildman–Crippen MR) is 99.1 cm³/mol. The fourth-order valence-corrected chi connectivity index (χ4v) is 2.72. The molecular formula is C18H28N4O5. The number of amides is 1. The van der Waals surface area contributed by atoms with Crippen LogP contribution in [0.25, 0.3) is 0 Å². The highest BCUT2D eigenvalue weighted by Crippen LogP contribution is 2.25. The summed E-state index contributed by atoms with van der Waals surface area (Å²) in [4.78, 5) is 33.6. The second-order valence-corrected chi connectivity index (χ2v) is 7.46.